The fourth-order valence-corrected chi connectivity index (χ4v) is 1.40. The summed E-state index contributed by atoms with van der Waals surface area (Å²) in [5, 5.41) is 1.57. The standard InChI is InChI=1S/C11H15ClN2O3/c1-14(13)11(15)7-17-6-8-5-9(12)3-4-10(8)16-2/h3-5H,6-7,13H2,1-2H3. The summed E-state index contributed by atoms with van der Waals surface area (Å²) >= 11 is 5.86. The summed E-state index contributed by atoms with van der Waals surface area (Å²) in [4.78, 5) is 11.2. The number of halogens is 1. The zero-order chi connectivity index (χ0) is 12.8. The summed E-state index contributed by atoms with van der Waals surface area (Å²) in [5.41, 5.74) is 0.785. The van der Waals surface area contributed by atoms with Gasteiger partial charge in [0.15, 0.2) is 0 Å². The number of methoxy groups -OCH3 is 1. The lowest BCUT2D eigenvalue weighted by Crippen LogP contribution is -2.35. The van der Waals surface area contributed by atoms with E-state index in [4.69, 9.17) is 26.9 Å². The van der Waals surface area contributed by atoms with E-state index in [1.165, 1.54) is 7.05 Å². The smallest absolute Gasteiger partial charge is 0.262 e. The molecule has 0 unspecified atom stereocenters. The molecule has 0 aliphatic rings. The second-order valence-electron chi connectivity index (χ2n) is 3.45. The van der Waals surface area contributed by atoms with Gasteiger partial charge in [-0.05, 0) is 18.2 Å². The maximum Gasteiger partial charge on any atom is 0.262 e. The Bertz CT molecular complexity index is 396. The minimum absolute atomic E-state index is 0.0807. The van der Waals surface area contributed by atoms with Crippen LogP contribution in [0.5, 0.6) is 5.75 Å². The molecule has 0 atom stereocenters. The summed E-state index contributed by atoms with van der Waals surface area (Å²) < 4.78 is 10.4. The van der Waals surface area contributed by atoms with Crippen molar-refractivity contribution in [1.82, 2.24) is 5.01 Å². The number of benzene rings is 1. The average molecular weight is 259 g/mol. The number of ether oxygens (including phenoxy) is 2. The highest BCUT2D eigenvalue weighted by Gasteiger charge is 2.07. The van der Waals surface area contributed by atoms with Crippen molar-refractivity contribution in [3.05, 3.63) is 28.8 Å². The van der Waals surface area contributed by atoms with Gasteiger partial charge in [0.2, 0.25) is 0 Å². The molecule has 2 N–H and O–H groups in total. The maximum absolute atomic E-state index is 11.2. The third-order valence-electron chi connectivity index (χ3n) is 2.12. The molecule has 0 radical (unpaired) electrons. The van der Waals surface area contributed by atoms with Crippen molar-refractivity contribution in [2.24, 2.45) is 5.84 Å². The van der Waals surface area contributed by atoms with Gasteiger partial charge in [-0.3, -0.25) is 9.80 Å². The molecular formula is C11H15ClN2O3. The van der Waals surface area contributed by atoms with Gasteiger partial charge >= 0.3 is 0 Å². The van der Waals surface area contributed by atoms with Crippen molar-refractivity contribution in [3.63, 3.8) is 0 Å². The molecule has 1 rings (SSSR count). The van der Waals surface area contributed by atoms with Crippen molar-refractivity contribution < 1.29 is 14.3 Å². The van der Waals surface area contributed by atoms with Crippen molar-refractivity contribution >= 4 is 17.5 Å². The summed E-state index contributed by atoms with van der Waals surface area (Å²) in [6.45, 7) is 0.159. The lowest BCUT2D eigenvalue weighted by molar-refractivity contribution is -0.135. The van der Waals surface area contributed by atoms with Crippen molar-refractivity contribution in [2.45, 2.75) is 6.61 Å². The highest BCUT2D eigenvalue weighted by molar-refractivity contribution is 6.30. The predicted molar refractivity (Wildman–Crippen MR) is 64.6 cm³/mol. The van der Waals surface area contributed by atoms with Gasteiger partial charge in [-0.25, -0.2) is 5.84 Å². The van der Waals surface area contributed by atoms with Crippen LogP contribution in [0.25, 0.3) is 0 Å². The number of amides is 1. The molecule has 1 aromatic rings. The number of carbonyl (C=O) groups excluding carboxylic acids is 1. The third-order valence-corrected chi connectivity index (χ3v) is 2.35. The van der Waals surface area contributed by atoms with Crippen LogP contribution in [0.4, 0.5) is 0 Å². The molecule has 94 valence electrons. The molecule has 0 aliphatic carbocycles. The minimum atomic E-state index is -0.300. The molecule has 0 bridgehead atoms. The average Bonchev–Trinajstić information content (AvgIpc) is 2.29. The molecular weight excluding hydrogens is 244 g/mol. The van der Waals surface area contributed by atoms with Crippen molar-refractivity contribution in [1.29, 1.82) is 0 Å². The first-order valence-electron chi connectivity index (χ1n) is 4.96. The Balaban J connectivity index is 2.56. The van der Waals surface area contributed by atoms with Crippen LogP contribution < -0.4 is 10.6 Å². The van der Waals surface area contributed by atoms with E-state index in [0.717, 1.165) is 10.6 Å². The van der Waals surface area contributed by atoms with Gasteiger partial charge in [-0.15, -0.1) is 0 Å². The molecule has 17 heavy (non-hydrogen) atoms. The highest BCUT2D eigenvalue weighted by Crippen LogP contribution is 2.23. The summed E-state index contributed by atoms with van der Waals surface area (Å²) in [6, 6.07) is 5.21. The highest BCUT2D eigenvalue weighted by atomic mass is 35.5. The quantitative estimate of drug-likeness (QED) is 0.490. The molecule has 1 amide bonds. The number of nitrogens with zero attached hydrogens (tertiary/aromatic N) is 1. The first-order valence-corrected chi connectivity index (χ1v) is 5.33. The Morgan fingerprint density at radius 2 is 2.24 bits per heavy atom. The molecule has 0 saturated carbocycles. The Labute approximate surface area is 105 Å². The normalized spacial score (nSPS) is 10.1. The second kappa shape index (κ2) is 6.44. The number of hydrogen-bond acceptors (Lipinski definition) is 4. The van der Waals surface area contributed by atoms with Crippen LogP contribution in [0.2, 0.25) is 5.02 Å². The lowest BCUT2D eigenvalue weighted by atomic mass is 10.2. The van der Waals surface area contributed by atoms with Gasteiger partial charge in [0.05, 0.1) is 13.7 Å². The summed E-state index contributed by atoms with van der Waals surface area (Å²) in [7, 11) is 3.03. The monoisotopic (exact) mass is 258 g/mol. The number of hydrazine groups is 1. The van der Waals surface area contributed by atoms with Crippen LogP contribution in [-0.4, -0.2) is 31.7 Å². The number of carbonyl (C=O) groups is 1. The second-order valence-corrected chi connectivity index (χ2v) is 3.89. The minimum Gasteiger partial charge on any atom is -0.496 e. The third kappa shape index (κ3) is 4.22. The molecule has 0 heterocycles. The first-order chi connectivity index (χ1) is 8.04. The van der Waals surface area contributed by atoms with E-state index < -0.39 is 0 Å². The number of nitrogens with two attached hydrogens (primary N) is 1. The summed E-state index contributed by atoms with van der Waals surface area (Å²) in [5.74, 6) is 5.62. The fraction of sp³-hybridized carbons (Fsp3) is 0.364. The van der Waals surface area contributed by atoms with E-state index in [9.17, 15) is 4.79 Å². The van der Waals surface area contributed by atoms with E-state index >= 15 is 0 Å². The van der Waals surface area contributed by atoms with Gasteiger partial charge in [-0.2, -0.15) is 0 Å². The predicted octanol–water partition coefficient (Wildman–Crippen LogP) is 1.20. The van der Waals surface area contributed by atoms with Crippen LogP contribution in [0.1, 0.15) is 5.56 Å². The number of hydrogen-bond donors (Lipinski definition) is 1. The Morgan fingerprint density at radius 1 is 1.53 bits per heavy atom. The van der Waals surface area contributed by atoms with Gasteiger partial charge < -0.3 is 9.47 Å². The van der Waals surface area contributed by atoms with Crippen LogP contribution in [0, 0.1) is 0 Å². The zero-order valence-corrected chi connectivity index (χ0v) is 10.5. The van der Waals surface area contributed by atoms with Crippen LogP contribution in [-0.2, 0) is 16.1 Å². The van der Waals surface area contributed by atoms with Gasteiger partial charge in [-0.1, -0.05) is 11.6 Å². The molecule has 0 spiro atoms. The molecule has 5 nitrogen and oxygen atoms in total. The van der Waals surface area contributed by atoms with Crippen LogP contribution in [0.3, 0.4) is 0 Å². The fourth-order valence-electron chi connectivity index (χ4n) is 1.21. The Hall–Kier alpha value is -1.30. The largest absolute Gasteiger partial charge is 0.496 e. The van der Waals surface area contributed by atoms with Crippen LogP contribution in [0.15, 0.2) is 18.2 Å². The van der Waals surface area contributed by atoms with E-state index in [-0.39, 0.29) is 19.1 Å². The Morgan fingerprint density at radius 3 is 2.82 bits per heavy atom. The molecule has 0 aromatic heterocycles. The van der Waals surface area contributed by atoms with E-state index in [0.29, 0.717) is 10.8 Å². The number of likely N-dealkylation sites (N-methyl/N-ethyl adjacent to an activating group) is 1. The topological polar surface area (TPSA) is 64.8 Å². The van der Waals surface area contributed by atoms with Crippen molar-refractivity contribution in [2.75, 3.05) is 20.8 Å². The van der Waals surface area contributed by atoms with Gasteiger partial charge in [0.25, 0.3) is 5.91 Å². The maximum atomic E-state index is 11.2. The van der Waals surface area contributed by atoms with E-state index in [1.54, 1.807) is 25.3 Å². The zero-order valence-electron chi connectivity index (χ0n) is 9.77. The SMILES string of the molecule is COc1ccc(Cl)cc1COCC(=O)N(C)N. The van der Waals surface area contributed by atoms with E-state index in [2.05, 4.69) is 0 Å². The molecule has 0 saturated heterocycles. The van der Waals surface area contributed by atoms with E-state index in [1.807, 2.05) is 0 Å². The summed E-state index contributed by atoms with van der Waals surface area (Å²) in [6.07, 6.45) is 0. The molecule has 0 aliphatic heterocycles. The van der Waals surface area contributed by atoms with Gasteiger partial charge in [0, 0.05) is 17.6 Å². The van der Waals surface area contributed by atoms with Crippen LogP contribution >= 0.6 is 11.6 Å². The van der Waals surface area contributed by atoms with Crippen molar-refractivity contribution in [3.8, 4) is 5.75 Å². The number of rotatable bonds is 5. The molecule has 6 heteroatoms. The first kappa shape index (κ1) is 13.8. The Kier molecular flexibility index (Phi) is 5.21. The molecule has 0 fully saturated rings. The van der Waals surface area contributed by atoms with Gasteiger partial charge in [0.1, 0.15) is 12.4 Å². The molecule has 1 aromatic carbocycles. The lowest BCUT2D eigenvalue weighted by Gasteiger charge is -2.12.